The number of aromatic nitrogens is 1. The summed E-state index contributed by atoms with van der Waals surface area (Å²) in [5.74, 6) is 0.918. The lowest BCUT2D eigenvalue weighted by Gasteiger charge is -2.07. The largest absolute Gasteiger partial charge is 0.370 e. The maximum Gasteiger partial charge on any atom is 0.125 e. The molecule has 0 atom stereocenters. The summed E-state index contributed by atoms with van der Waals surface area (Å²) in [5.41, 5.74) is 2.73. The molecule has 0 aliphatic heterocycles. The molecule has 2 nitrogen and oxygen atoms in total. The van der Waals surface area contributed by atoms with E-state index in [1.807, 2.05) is 12.1 Å². The van der Waals surface area contributed by atoms with Crippen LogP contribution in [-0.2, 0) is 6.42 Å². The monoisotopic (exact) mass is 290 g/mol. The Morgan fingerprint density at radius 1 is 1.18 bits per heavy atom. The van der Waals surface area contributed by atoms with Crippen LogP contribution in [0.4, 0.5) is 5.82 Å². The van der Waals surface area contributed by atoms with Crippen LogP contribution in [0.1, 0.15) is 11.1 Å². The van der Waals surface area contributed by atoms with Crippen molar-refractivity contribution in [3.63, 3.8) is 0 Å². The minimum Gasteiger partial charge on any atom is -0.370 e. The van der Waals surface area contributed by atoms with Gasteiger partial charge in [-0.1, -0.05) is 24.3 Å². The summed E-state index contributed by atoms with van der Waals surface area (Å²) in [5, 5.41) is 3.32. The van der Waals surface area contributed by atoms with Crippen molar-refractivity contribution in [2.75, 3.05) is 11.9 Å². The molecule has 88 valence electrons. The van der Waals surface area contributed by atoms with E-state index in [-0.39, 0.29) is 0 Å². The molecule has 0 saturated carbocycles. The second-order valence-electron chi connectivity index (χ2n) is 3.96. The van der Waals surface area contributed by atoms with Gasteiger partial charge < -0.3 is 5.32 Å². The highest BCUT2D eigenvalue weighted by Crippen LogP contribution is 2.11. The summed E-state index contributed by atoms with van der Waals surface area (Å²) in [6.07, 6.45) is 2.82. The van der Waals surface area contributed by atoms with Gasteiger partial charge in [-0.15, -0.1) is 0 Å². The van der Waals surface area contributed by atoms with Crippen molar-refractivity contribution in [3.8, 4) is 0 Å². The van der Waals surface area contributed by atoms with E-state index >= 15 is 0 Å². The molecule has 0 saturated heterocycles. The second-order valence-corrected chi connectivity index (χ2v) is 4.88. The average molecular weight is 291 g/mol. The summed E-state index contributed by atoms with van der Waals surface area (Å²) < 4.78 is 1.00. The molecular formula is C14H15BrN2. The fourth-order valence-corrected chi connectivity index (χ4v) is 1.93. The minimum absolute atomic E-state index is 0.902. The van der Waals surface area contributed by atoms with Crippen molar-refractivity contribution >= 4 is 21.7 Å². The van der Waals surface area contributed by atoms with Gasteiger partial charge in [0.25, 0.3) is 0 Å². The Morgan fingerprint density at radius 3 is 2.71 bits per heavy atom. The Bertz CT molecular complexity index is 480. The van der Waals surface area contributed by atoms with Gasteiger partial charge in [-0.25, -0.2) is 4.98 Å². The third-order valence-electron chi connectivity index (χ3n) is 2.69. The Morgan fingerprint density at radius 2 is 2.00 bits per heavy atom. The third-order valence-corrected chi connectivity index (χ3v) is 3.16. The third kappa shape index (κ3) is 3.56. The van der Waals surface area contributed by atoms with Gasteiger partial charge in [0, 0.05) is 17.2 Å². The molecule has 17 heavy (non-hydrogen) atoms. The maximum absolute atomic E-state index is 4.27. The summed E-state index contributed by atoms with van der Waals surface area (Å²) >= 11 is 3.37. The molecule has 1 N–H and O–H groups in total. The number of nitrogens with zero attached hydrogens (tertiary/aromatic N) is 1. The first kappa shape index (κ1) is 12.1. The van der Waals surface area contributed by atoms with Crippen LogP contribution in [0, 0.1) is 6.92 Å². The SMILES string of the molecule is Cc1ccccc1CCNc1ccc(Br)cn1. The number of benzene rings is 1. The first-order valence-electron chi connectivity index (χ1n) is 5.65. The number of anilines is 1. The average Bonchev–Trinajstić information content (AvgIpc) is 2.34. The van der Waals surface area contributed by atoms with Crippen LogP contribution in [0.2, 0.25) is 0 Å². The number of hydrogen-bond donors (Lipinski definition) is 1. The molecule has 2 rings (SSSR count). The Kier molecular flexibility index (Phi) is 4.15. The van der Waals surface area contributed by atoms with Crippen LogP contribution >= 0.6 is 15.9 Å². The molecule has 1 aromatic carbocycles. The first-order valence-corrected chi connectivity index (χ1v) is 6.45. The van der Waals surface area contributed by atoms with Gasteiger partial charge in [-0.3, -0.25) is 0 Å². The van der Waals surface area contributed by atoms with Gasteiger partial charge in [-0.2, -0.15) is 0 Å². The minimum atomic E-state index is 0.902. The fourth-order valence-electron chi connectivity index (χ4n) is 1.70. The number of nitrogens with one attached hydrogen (secondary N) is 1. The molecule has 1 aromatic heterocycles. The lowest BCUT2D eigenvalue weighted by atomic mass is 10.1. The highest BCUT2D eigenvalue weighted by atomic mass is 79.9. The lowest BCUT2D eigenvalue weighted by Crippen LogP contribution is -2.06. The van der Waals surface area contributed by atoms with E-state index in [9.17, 15) is 0 Å². The van der Waals surface area contributed by atoms with Crippen molar-refractivity contribution in [2.45, 2.75) is 13.3 Å². The van der Waals surface area contributed by atoms with Crippen molar-refractivity contribution < 1.29 is 0 Å². The highest BCUT2D eigenvalue weighted by molar-refractivity contribution is 9.10. The van der Waals surface area contributed by atoms with E-state index in [0.29, 0.717) is 0 Å². The van der Waals surface area contributed by atoms with Crippen molar-refractivity contribution in [1.82, 2.24) is 4.98 Å². The Balaban J connectivity index is 1.88. The van der Waals surface area contributed by atoms with Gasteiger partial charge in [0.2, 0.25) is 0 Å². The number of hydrogen-bond acceptors (Lipinski definition) is 2. The van der Waals surface area contributed by atoms with Crippen LogP contribution in [0.25, 0.3) is 0 Å². The smallest absolute Gasteiger partial charge is 0.125 e. The van der Waals surface area contributed by atoms with Crippen LogP contribution in [0.5, 0.6) is 0 Å². The van der Waals surface area contributed by atoms with Gasteiger partial charge in [-0.05, 0) is 52.5 Å². The summed E-state index contributed by atoms with van der Waals surface area (Å²) in [6, 6.07) is 12.4. The van der Waals surface area contributed by atoms with Crippen LogP contribution in [0.15, 0.2) is 47.1 Å². The summed E-state index contributed by atoms with van der Waals surface area (Å²) in [4.78, 5) is 4.27. The second kappa shape index (κ2) is 5.82. The molecule has 0 fully saturated rings. The molecule has 3 heteroatoms. The predicted octanol–water partition coefficient (Wildman–Crippen LogP) is 3.81. The Labute approximate surface area is 110 Å². The first-order chi connectivity index (χ1) is 8.25. The van der Waals surface area contributed by atoms with E-state index in [1.54, 1.807) is 6.20 Å². The number of rotatable bonds is 4. The predicted molar refractivity (Wildman–Crippen MR) is 75.3 cm³/mol. The van der Waals surface area contributed by atoms with Gasteiger partial charge >= 0.3 is 0 Å². The van der Waals surface area contributed by atoms with Crippen molar-refractivity contribution in [3.05, 3.63) is 58.2 Å². The normalized spacial score (nSPS) is 10.2. The van der Waals surface area contributed by atoms with E-state index in [0.717, 1.165) is 23.3 Å². The number of aryl methyl sites for hydroxylation is 1. The zero-order valence-electron chi connectivity index (χ0n) is 9.78. The van der Waals surface area contributed by atoms with E-state index < -0.39 is 0 Å². The van der Waals surface area contributed by atoms with Crippen LogP contribution in [0.3, 0.4) is 0 Å². The molecule has 0 aliphatic carbocycles. The molecule has 2 aromatic rings. The van der Waals surface area contributed by atoms with Gasteiger partial charge in [0.05, 0.1) is 0 Å². The summed E-state index contributed by atoms with van der Waals surface area (Å²) in [7, 11) is 0. The molecule has 0 spiro atoms. The molecule has 0 amide bonds. The van der Waals surface area contributed by atoms with Crippen molar-refractivity contribution in [1.29, 1.82) is 0 Å². The standard InChI is InChI=1S/C14H15BrN2/c1-11-4-2-3-5-12(11)8-9-16-14-7-6-13(15)10-17-14/h2-7,10H,8-9H2,1H3,(H,16,17). The maximum atomic E-state index is 4.27. The number of pyridine rings is 1. The van der Waals surface area contributed by atoms with E-state index in [4.69, 9.17) is 0 Å². The van der Waals surface area contributed by atoms with Gasteiger partial charge in [0.15, 0.2) is 0 Å². The zero-order chi connectivity index (χ0) is 12.1. The quantitative estimate of drug-likeness (QED) is 0.926. The molecule has 0 radical (unpaired) electrons. The topological polar surface area (TPSA) is 24.9 Å². The summed E-state index contributed by atoms with van der Waals surface area (Å²) in [6.45, 7) is 3.05. The van der Waals surface area contributed by atoms with E-state index in [1.165, 1.54) is 11.1 Å². The molecule has 1 heterocycles. The Hall–Kier alpha value is -1.35. The van der Waals surface area contributed by atoms with Gasteiger partial charge in [0.1, 0.15) is 5.82 Å². The van der Waals surface area contributed by atoms with Crippen molar-refractivity contribution in [2.24, 2.45) is 0 Å². The molecule has 0 aliphatic rings. The zero-order valence-corrected chi connectivity index (χ0v) is 11.4. The molecule has 0 bridgehead atoms. The molecule has 0 unspecified atom stereocenters. The number of halogens is 1. The van der Waals surface area contributed by atoms with Crippen LogP contribution in [-0.4, -0.2) is 11.5 Å². The van der Waals surface area contributed by atoms with Crippen LogP contribution < -0.4 is 5.32 Å². The highest BCUT2D eigenvalue weighted by Gasteiger charge is 1.97. The fraction of sp³-hybridized carbons (Fsp3) is 0.214. The molecular weight excluding hydrogens is 276 g/mol. The van der Waals surface area contributed by atoms with E-state index in [2.05, 4.69) is 57.4 Å². The lowest BCUT2D eigenvalue weighted by molar-refractivity contribution is 0.993.